The molecule has 1 aliphatic carbocycles. The Morgan fingerprint density at radius 3 is 2.90 bits per heavy atom. The smallest absolute Gasteiger partial charge is 0.123 e. The van der Waals surface area contributed by atoms with Crippen LogP contribution in [0.4, 0.5) is 0 Å². The lowest BCUT2D eigenvalue weighted by Gasteiger charge is -2.29. The quantitative estimate of drug-likeness (QED) is 0.920. The maximum Gasteiger partial charge on any atom is 0.123 e. The fraction of sp³-hybridized carbons (Fsp3) is 0.647. The standard InChI is InChI=1S/C17H26N2O/c1-12-6-7-17(20-2)14(8-12)10-19-9-13-4-3-5-16(18)15(13)11-19/h6-8,13,15-16H,3-5,9-11,18H2,1-2H3. The number of methoxy groups -OCH3 is 1. The van der Waals surface area contributed by atoms with E-state index in [1.165, 1.54) is 36.9 Å². The van der Waals surface area contributed by atoms with Crippen LogP contribution in [0.5, 0.6) is 5.75 Å². The van der Waals surface area contributed by atoms with E-state index < -0.39 is 0 Å². The Morgan fingerprint density at radius 1 is 1.30 bits per heavy atom. The first kappa shape index (κ1) is 13.9. The maximum absolute atomic E-state index is 6.30. The molecule has 0 amide bonds. The van der Waals surface area contributed by atoms with E-state index in [0.29, 0.717) is 12.0 Å². The average molecular weight is 274 g/mol. The summed E-state index contributed by atoms with van der Waals surface area (Å²) in [5.41, 5.74) is 8.91. The summed E-state index contributed by atoms with van der Waals surface area (Å²) in [6, 6.07) is 6.86. The van der Waals surface area contributed by atoms with E-state index in [4.69, 9.17) is 10.5 Å². The lowest BCUT2D eigenvalue weighted by molar-refractivity contribution is 0.259. The fourth-order valence-electron chi connectivity index (χ4n) is 4.01. The normalized spacial score (nSPS) is 30.2. The van der Waals surface area contributed by atoms with E-state index in [2.05, 4.69) is 30.0 Å². The molecule has 1 aromatic carbocycles. The minimum absolute atomic E-state index is 0.415. The number of hydrogen-bond acceptors (Lipinski definition) is 3. The first-order valence-corrected chi connectivity index (χ1v) is 7.79. The van der Waals surface area contributed by atoms with Gasteiger partial charge < -0.3 is 10.5 Å². The number of benzene rings is 1. The highest BCUT2D eigenvalue weighted by Crippen LogP contribution is 2.36. The molecule has 3 rings (SSSR count). The van der Waals surface area contributed by atoms with E-state index in [9.17, 15) is 0 Å². The molecule has 3 heteroatoms. The molecule has 0 bridgehead atoms. The van der Waals surface area contributed by atoms with Crippen LogP contribution in [0.1, 0.15) is 30.4 Å². The van der Waals surface area contributed by atoms with E-state index in [0.717, 1.165) is 24.8 Å². The number of nitrogens with two attached hydrogens (primary N) is 1. The van der Waals surface area contributed by atoms with Crippen molar-refractivity contribution in [1.82, 2.24) is 4.90 Å². The van der Waals surface area contributed by atoms with Crippen LogP contribution < -0.4 is 10.5 Å². The number of hydrogen-bond donors (Lipinski definition) is 1. The minimum Gasteiger partial charge on any atom is -0.496 e. The summed E-state index contributed by atoms with van der Waals surface area (Å²) in [6.45, 7) is 5.49. The minimum atomic E-state index is 0.415. The van der Waals surface area contributed by atoms with E-state index in [1.54, 1.807) is 7.11 Å². The Morgan fingerprint density at radius 2 is 2.15 bits per heavy atom. The zero-order chi connectivity index (χ0) is 14.1. The summed E-state index contributed by atoms with van der Waals surface area (Å²) in [5.74, 6) is 2.53. The third-order valence-electron chi connectivity index (χ3n) is 5.06. The average Bonchev–Trinajstić information content (AvgIpc) is 2.83. The fourth-order valence-corrected chi connectivity index (χ4v) is 4.01. The Kier molecular flexibility index (Phi) is 3.99. The largest absolute Gasteiger partial charge is 0.496 e. The summed E-state index contributed by atoms with van der Waals surface area (Å²) in [6.07, 6.45) is 3.88. The topological polar surface area (TPSA) is 38.5 Å². The second kappa shape index (κ2) is 5.74. The summed E-state index contributed by atoms with van der Waals surface area (Å²) in [5, 5.41) is 0. The van der Waals surface area contributed by atoms with Crippen LogP contribution in [0.3, 0.4) is 0 Å². The second-order valence-electron chi connectivity index (χ2n) is 6.53. The van der Waals surface area contributed by atoms with Gasteiger partial charge in [-0.3, -0.25) is 4.90 Å². The van der Waals surface area contributed by atoms with Crippen LogP contribution in [0, 0.1) is 18.8 Å². The molecular weight excluding hydrogens is 248 g/mol. The highest BCUT2D eigenvalue weighted by molar-refractivity contribution is 5.36. The van der Waals surface area contributed by atoms with Crippen molar-refractivity contribution in [3.63, 3.8) is 0 Å². The molecule has 0 spiro atoms. The predicted octanol–water partition coefficient (Wildman–Crippen LogP) is 2.56. The first-order chi connectivity index (χ1) is 9.67. The first-order valence-electron chi connectivity index (χ1n) is 7.79. The highest BCUT2D eigenvalue weighted by Gasteiger charge is 2.38. The van der Waals surface area contributed by atoms with Crippen molar-refractivity contribution in [2.75, 3.05) is 20.2 Å². The van der Waals surface area contributed by atoms with Crippen molar-refractivity contribution in [2.24, 2.45) is 17.6 Å². The Balaban J connectivity index is 1.71. The monoisotopic (exact) mass is 274 g/mol. The van der Waals surface area contributed by atoms with Gasteiger partial charge in [0.25, 0.3) is 0 Å². The third-order valence-corrected chi connectivity index (χ3v) is 5.06. The molecule has 1 saturated carbocycles. The van der Waals surface area contributed by atoms with Gasteiger partial charge in [0, 0.05) is 31.2 Å². The van der Waals surface area contributed by atoms with Crippen molar-refractivity contribution < 1.29 is 4.74 Å². The molecule has 1 saturated heterocycles. The van der Waals surface area contributed by atoms with Crippen molar-refractivity contribution in [3.8, 4) is 5.75 Å². The van der Waals surface area contributed by atoms with Crippen molar-refractivity contribution in [1.29, 1.82) is 0 Å². The third kappa shape index (κ3) is 2.70. The summed E-state index contributed by atoms with van der Waals surface area (Å²) in [4.78, 5) is 2.57. The van der Waals surface area contributed by atoms with Gasteiger partial charge in [-0.1, -0.05) is 24.1 Å². The van der Waals surface area contributed by atoms with Crippen molar-refractivity contribution >= 4 is 0 Å². The second-order valence-corrected chi connectivity index (χ2v) is 6.53. The van der Waals surface area contributed by atoms with E-state index in [1.807, 2.05) is 0 Å². The molecule has 2 N–H and O–H groups in total. The summed E-state index contributed by atoms with van der Waals surface area (Å²) in [7, 11) is 1.76. The van der Waals surface area contributed by atoms with Gasteiger partial charge in [-0.25, -0.2) is 0 Å². The number of aryl methyl sites for hydroxylation is 1. The van der Waals surface area contributed by atoms with Crippen LogP contribution in [-0.4, -0.2) is 31.1 Å². The molecule has 1 aliphatic heterocycles. The number of ether oxygens (including phenoxy) is 1. The van der Waals surface area contributed by atoms with Gasteiger partial charge in [-0.05, 0) is 37.7 Å². The molecule has 2 fully saturated rings. The molecule has 0 aromatic heterocycles. The Hall–Kier alpha value is -1.06. The van der Waals surface area contributed by atoms with Gasteiger partial charge in [0.2, 0.25) is 0 Å². The van der Waals surface area contributed by atoms with Crippen LogP contribution >= 0.6 is 0 Å². The van der Waals surface area contributed by atoms with E-state index in [-0.39, 0.29) is 0 Å². The number of rotatable bonds is 3. The van der Waals surface area contributed by atoms with Crippen LogP contribution in [-0.2, 0) is 6.54 Å². The van der Waals surface area contributed by atoms with Crippen molar-refractivity contribution in [3.05, 3.63) is 29.3 Å². The lowest BCUT2D eigenvalue weighted by atomic mass is 9.78. The maximum atomic E-state index is 6.30. The highest BCUT2D eigenvalue weighted by atomic mass is 16.5. The predicted molar refractivity (Wildman–Crippen MR) is 81.8 cm³/mol. The molecule has 1 aromatic rings. The zero-order valence-corrected chi connectivity index (χ0v) is 12.6. The van der Waals surface area contributed by atoms with Gasteiger partial charge in [-0.15, -0.1) is 0 Å². The SMILES string of the molecule is COc1ccc(C)cc1CN1CC2CCCC(N)C2C1. The molecule has 1 heterocycles. The molecular formula is C17H26N2O. The Bertz CT molecular complexity index is 474. The summed E-state index contributed by atoms with van der Waals surface area (Å²) < 4.78 is 5.50. The van der Waals surface area contributed by atoms with E-state index >= 15 is 0 Å². The van der Waals surface area contributed by atoms with Crippen molar-refractivity contribution in [2.45, 2.75) is 38.8 Å². The zero-order valence-electron chi connectivity index (χ0n) is 12.6. The molecule has 3 unspecified atom stereocenters. The Labute approximate surface area is 122 Å². The number of nitrogens with zero attached hydrogens (tertiary/aromatic N) is 1. The van der Waals surface area contributed by atoms with Gasteiger partial charge in [0.1, 0.15) is 5.75 Å². The lowest BCUT2D eigenvalue weighted by Crippen LogP contribution is -2.38. The molecule has 2 aliphatic rings. The number of fused-ring (bicyclic) bond motifs is 1. The van der Waals surface area contributed by atoms with Crippen LogP contribution in [0.2, 0.25) is 0 Å². The molecule has 3 atom stereocenters. The summed E-state index contributed by atoms with van der Waals surface area (Å²) >= 11 is 0. The van der Waals surface area contributed by atoms with Crippen LogP contribution in [0.15, 0.2) is 18.2 Å². The van der Waals surface area contributed by atoms with Gasteiger partial charge in [-0.2, -0.15) is 0 Å². The molecule has 0 radical (unpaired) electrons. The van der Waals surface area contributed by atoms with Gasteiger partial charge in [0.05, 0.1) is 7.11 Å². The number of likely N-dealkylation sites (tertiary alicyclic amines) is 1. The molecule has 3 nitrogen and oxygen atoms in total. The van der Waals surface area contributed by atoms with Gasteiger partial charge in [0.15, 0.2) is 0 Å². The van der Waals surface area contributed by atoms with Crippen LogP contribution in [0.25, 0.3) is 0 Å². The van der Waals surface area contributed by atoms with Gasteiger partial charge >= 0.3 is 0 Å². The molecule has 20 heavy (non-hydrogen) atoms. The molecule has 110 valence electrons.